The molecule has 0 aromatic heterocycles. The molecule has 0 atom stereocenters. The summed E-state index contributed by atoms with van der Waals surface area (Å²) in [5, 5.41) is 31.6. The topological polar surface area (TPSA) is 115 Å². The second kappa shape index (κ2) is 6.27. The Morgan fingerprint density at radius 2 is 2.05 bits per heavy atom. The molecule has 1 rings (SSSR count). The van der Waals surface area contributed by atoms with Gasteiger partial charge in [0, 0.05) is 10.0 Å². The molecule has 9 heteroatoms. The molecular formula is C10H5Br2N5O2. The second-order valence-corrected chi connectivity index (χ2v) is 4.91. The Morgan fingerprint density at radius 3 is 2.53 bits per heavy atom. The van der Waals surface area contributed by atoms with Crippen molar-refractivity contribution >= 4 is 48.9 Å². The zero-order chi connectivity index (χ0) is 14.6. The van der Waals surface area contributed by atoms with Crippen LogP contribution in [0.4, 0.5) is 11.4 Å². The Kier molecular flexibility index (Phi) is 4.98. The normalized spacial score (nSPS) is 9.11. The SMILES string of the molecule is Cc1cc(Br)c(NN=C(C#N)C#N)c(Br)c1[N+](=O)[O-]. The van der Waals surface area contributed by atoms with Crippen LogP contribution in [0.2, 0.25) is 0 Å². The molecule has 1 aromatic rings. The molecule has 0 saturated heterocycles. The van der Waals surface area contributed by atoms with Crippen molar-refractivity contribution in [2.75, 3.05) is 5.43 Å². The number of halogens is 2. The fraction of sp³-hybridized carbons (Fsp3) is 0.100. The van der Waals surface area contributed by atoms with Gasteiger partial charge in [-0.2, -0.15) is 15.6 Å². The van der Waals surface area contributed by atoms with Crippen LogP contribution in [0, 0.1) is 39.7 Å². The van der Waals surface area contributed by atoms with Gasteiger partial charge in [-0.25, -0.2) is 0 Å². The van der Waals surface area contributed by atoms with Gasteiger partial charge in [-0.1, -0.05) is 0 Å². The van der Waals surface area contributed by atoms with Gasteiger partial charge in [-0.3, -0.25) is 15.5 Å². The van der Waals surface area contributed by atoms with E-state index in [1.54, 1.807) is 25.1 Å². The van der Waals surface area contributed by atoms with E-state index >= 15 is 0 Å². The largest absolute Gasteiger partial charge is 0.288 e. The number of hydrogen-bond donors (Lipinski definition) is 1. The van der Waals surface area contributed by atoms with Crippen LogP contribution in [0.3, 0.4) is 0 Å². The van der Waals surface area contributed by atoms with Crippen molar-refractivity contribution in [2.24, 2.45) is 5.10 Å². The number of nitrogens with one attached hydrogen (secondary N) is 1. The molecule has 0 bridgehead atoms. The summed E-state index contributed by atoms with van der Waals surface area (Å²) in [6.45, 7) is 1.59. The fourth-order valence-corrected chi connectivity index (χ4v) is 2.90. The third kappa shape index (κ3) is 3.28. The van der Waals surface area contributed by atoms with E-state index in [0.717, 1.165) is 0 Å². The van der Waals surface area contributed by atoms with Crippen LogP contribution in [0.25, 0.3) is 0 Å². The lowest BCUT2D eigenvalue weighted by atomic mass is 10.2. The van der Waals surface area contributed by atoms with Gasteiger partial charge >= 0.3 is 0 Å². The first-order chi connectivity index (χ1) is 8.92. The highest BCUT2D eigenvalue weighted by atomic mass is 79.9. The van der Waals surface area contributed by atoms with Crippen LogP contribution < -0.4 is 5.43 Å². The first-order valence-corrected chi connectivity index (χ1v) is 6.27. The number of aryl methyl sites for hydroxylation is 1. The number of rotatable bonds is 3. The van der Waals surface area contributed by atoms with E-state index in [4.69, 9.17) is 10.5 Å². The van der Waals surface area contributed by atoms with Crippen LogP contribution in [0.1, 0.15) is 5.56 Å². The van der Waals surface area contributed by atoms with Crippen molar-refractivity contribution in [3.05, 3.63) is 30.7 Å². The first-order valence-electron chi connectivity index (χ1n) is 4.69. The van der Waals surface area contributed by atoms with Gasteiger partial charge in [0.25, 0.3) is 5.69 Å². The number of nitrogens with zero attached hydrogens (tertiary/aromatic N) is 4. The van der Waals surface area contributed by atoms with Gasteiger partial charge in [0.2, 0.25) is 5.71 Å². The second-order valence-electron chi connectivity index (χ2n) is 3.27. The predicted molar refractivity (Wildman–Crippen MR) is 75.5 cm³/mol. The minimum atomic E-state index is -0.531. The Labute approximate surface area is 124 Å². The summed E-state index contributed by atoms with van der Waals surface area (Å²) in [6, 6.07) is 4.68. The third-order valence-electron chi connectivity index (χ3n) is 2.06. The molecule has 0 amide bonds. The number of benzene rings is 1. The highest BCUT2D eigenvalue weighted by Gasteiger charge is 2.21. The fourth-order valence-electron chi connectivity index (χ4n) is 1.24. The van der Waals surface area contributed by atoms with E-state index in [-0.39, 0.29) is 21.6 Å². The van der Waals surface area contributed by atoms with Crippen molar-refractivity contribution < 1.29 is 4.92 Å². The molecule has 0 saturated carbocycles. The highest BCUT2D eigenvalue weighted by molar-refractivity contribution is 9.11. The monoisotopic (exact) mass is 385 g/mol. The van der Waals surface area contributed by atoms with Gasteiger partial charge in [0.05, 0.1) is 10.6 Å². The molecule has 0 radical (unpaired) electrons. The molecular weight excluding hydrogens is 382 g/mol. The van der Waals surface area contributed by atoms with E-state index in [9.17, 15) is 10.1 Å². The molecule has 1 N–H and O–H groups in total. The minimum Gasteiger partial charge on any atom is -0.274 e. The molecule has 19 heavy (non-hydrogen) atoms. The number of nitro groups is 1. The molecule has 0 heterocycles. The van der Waals surface area contributed by atoms with Gasteiger partial charge < -0.3 is 0 Å². The van der Waals surface area contributed by atoms with E-state index in [1.165, 1.54) is 0 Å². The summed E-state index contributed by atoms with van der Waals surface area (Å²) < 4.78 is 0.699. The Bertz CT molecular complexity index is 641. The molecule has 96 valence electrons. The maximum atomic E-state index is 10.9. The summed E-state index contributed by atoms with van der Waals surface area (Å²) in [7, 11) is 0. The standard InChI is InChI=1S/C10H5Br2N5O2/c1-5-2-7(11)9(8(12)10(5)17(18)19)16-15-6(3-13)4-14/h2,16H,1H3. The summed E-state index contributed by atoms with van der Waals surface area (Å²) in [5.74, 6) is 0. The first kappa shape index (κ1) is 15.1. The van der Waals surface area contributed by atoms with Crippen molar-refractivity contribution in [1.82, 2.24) is 0 Å². The number of nitriles is 2. The molecule has 0 aliphatic rings. The van der Waals surface area contributed by atoms with Gasteiger partial charge in [-0.15, -0.1) is 0 Å². The van der Waals surface area contributed by atoms with Crippen molar-refractivity contribution in [1.29, 1.82) is 10.5 Å². The maximum Gasteiger partial charge on any atom is 0.288 e. The average Bonchev–Trinajstić information content (AvgIpc) is 2.32. The van der Waals surface area contributed by atoms with Crippen molar-refractivity contribution in [2.45, 2.75) is 6.92 Å². The van der Waals surface area contributed by atoms with E-state index < -0.39 is 4.92 Å². The lowest BCUT2D eigenvalue weighted by Crippen LogP contribution is -2.01. The summed E-state index contributed by atoms with van der Waals surface area (Å²) in [6.07, 6.45) is 0. The highest BCUT2D eigenvalue weighted by Crippen LogP contribution is 2.40. The third-order valence-corrected chi connectivity index (χ3v) is 3.45. The van der Waals surface area contributed by atoms with Gasteiger partial charge in [0.15, 0.2) is 0 Å². The van der Waals surface area contributed by atoms with Crippen molar-refractivity contribution in [3.8, 4) is 12.1 Å². The molecule has 0 unspecified atom stereocenters. The lowest BCUT2D eigenvalue weighted by molar-refractivity contribution is -0.386. The molecule has 0 aliphatic heterocycles. The Balaban J connectivity index is 3.35. The average molecular weight is 387 g/mol. The maximum absolute atomic E-state index is 10.9. The van der Waals surface area contributed by atoms with E-state index in [0.29, 0.717) is 10.0 Å². The smallest absolute Gasteiger partial charge is 0.274 e. The molecule has 0 spiro atoms. The quantitative estimate of drug-likeness (QED) is 0.486. The zero-order valence-corrected chi connectivity index (χ0v) is 12.6. The van der Waals surface area contributed by atoms with E-state index in [2.05, 4.69) is 42.4 Å². The Morgan fingerprint density at radius 1 is 1.47 bits per heavy atom. The van der Waals surface area contributed by atoms with Crippen molar-refractivity contribution in [3.63, 3.8) is 0 Å². The number of hydrazone groups is 1. The van der Waals surface area contributed by atoms with Crippen LogP contribution in [-0.2, 0) is 0 Å². The van der Waals surface area contributed by atoms with Crippen LogP contribution in [0.15, 0.2) is 20.1 Å². The Hall–Kier alpha value is -1.97. The van der Waals surface area contributed by atoms with Crippen LogP contribution in [0.5, 0.6) is 0 Å². The molecule has 1 aromatic carbocycles. The zero-order valence-electron chi connectivity index (χ0n) is 9.44. The number of anilines is 1. The minimum absolute atomic E-state index is 0.114. The van der Waals surface area contributed by atoms with Crippen LogP contribution >= 0.6 is 31.9 Å². The van der Waals surface area contributed by atoms with Gasteiger partial charge in [0.1, 0.15) is 16.6 Å². The number of hydrogen-bond acceptors (Lipinski definition) is 6. The lowest BCUT2D eigenvalue weighted by Gasteiger charge is -2.08. The summed E-state index contributed by atoms with van der Waals surface area (Å²) in [4.78, 5) is 10.4. The summed E-state index contributed by atoms with van der Waals surface area (Å²) >= 11 is 6.33. The van der Waals surface area contributed by atoms with E-state index in [1.807, 2.05) is 0 Å². The predicted octanol–water partition coefficient (Wildman–Crippen LogP) is 3.24. The molecule has 0 fully saturated rings. The molecule has 7 nitrogen and oxygen atoms in total. The van der Waals surface area contributed by atoms with Crippen LogP contribution in [-0.4, -0.2) is 10.6 Å². The molecule has 0 aliphatic carbocycles. The number of nitro benzene ring substituents is 1. The summed E-state index contributed by atoms with van der Waals surface area (Å²) in [5.41, 5.74) is 2.67. The van der Waals surface area contributed by atoms with Gasteiger partial charge in [-0.05, 0) is 44.8 Å².